The molecule has 144 valence electrons. The van der Waals surface area contributed by atoms with Crippen LogP contribution in [0.1, 0.15) is 47.5 Å². The summed E-state index contributed by atoms with van der Waals surface area (Å²) in [7, 11) is 0.750. The van der Waals surface area contributed by atoms with Gasteiger partial charge in [0.15, 0.2) is 0 Å². The molecule has 2 radical (unpaired) electrons. The molecule has 3 rings (SSSR count). The molecule has 0 amide bonds. The first-order valence-electron chi connectivity index (χ1n) is 8.34. The van der Waals surface area contributed by atoms with Crippen molar-refractivity contribution in [1.82, 2.24) is 0 Å². The van der Waals surface area contributed by atoms with Gasteiger partial charge in [0, 0.05) is 9.52 Å². The minimum atomic E-state index is 0. The Morgan fingerprint density at radius 3 is 1.35 bits per heavy atom. The first-order valence-corrected chi connectivity index (χ1v) is 10.6. The molecule has 0 saturated carbocycles. The maximum absolute atomic E-state index is 3.44. The van der Waals surface area contributed by atoms with Crippen LogP contribution in [-0.4, -0.2) is 9.52 Å². The topological polar surface area (TPSA) is 0 Å². The van der Waals surface area contributed by atoms with Gasteiger partial charge in [0.1, 0.15) is 0 Å². The third-order valence-electron chi connectivity index (χ3n) is 3.73. The summed E-state index contributed by atoms with van der Waals surface area (Å²) in [4.78, 5) is 0. The molecule has 0 bridgehead atoms. The van der Waals surface area contributed by atoms with Gasteiger partial charge < -0.3 is 0 Å². The van der Waals surface area contributed by atoms with Crippen LogP contribution in [0.2, 0.25) is 13.1 Å². The van der Waals surface area contributed by atoms with Crippen molar-refractivity contribution in [2.45, 2.75) is 60.6 Å². The van der Waals surface area contributed by atoms with Gasteiger partial charge in [-0.05, 0) is 0 Å². The summed E-state index contributed by atoms with van der Waals surface area (Å²) in [5.41, 5.74) is 4.39. The zero-order chi connectivity index (χ0) is 17.7. The van der Waals surface area contributed by atoms with Crippen LogP contribution in [0.3, 0.4) is 0 Å². The monoisotopic (exact) mass is 574 g/mol. The molecular formula is C22H34Br2SiZr. The molecule has 0 aromatic heterocycles. The summed E-state index contributed by atoms with van der Waals surface area (Å²) in [6, 6.07) is 0. The first kappa shape index (κ1) is 34.0. The number of hydrogen-bond acceptors (Lipinski definition) is 0. The number of rotatable bonds is 0. The Kier molecular flexibility index (Phi) is 26.5. The maximum atomic E-state index is 3.44. The maximum Gasteiger partial charge on any atom is 3.00 e. The van der Waals surface area contributed by atoms with E-state index >= 15 is 0 Å². The number of allylic oxidation sites excluding steroid dienone is 12. The quantitative estimate of drug-likeness (QED) is 0.208. The summed E-state index contributed by atoms with van der Waals surface area (Å²) >= 11 is 0. The normalized spacial score (nSPS) is 16.5. The molecule has 0 N–H and O–H groups in total. The van der Waals surface area contributed by atoms with Crippen molar-refractivity contribution in [2.75, 3.05) is 0 Å². The van der Waals surface area contributed by atoms with Crippen molar-refractivity contribution < 1.29 is 26.2 Å². The van der Waals surface area contributed by atoms with Gasteiger partial charge in [0.2, 0.25) is 0 Å². The molecule has 0 spiro atoms. The minimum Gasteiger partial charge on any atom is -0.273 e. The van der Waals surface area contributed by atoms with E-state index in [0.29, 0.717) is 0 Å². The van der Waals surface area contributed by atoms with Gasteiger partial charge in [0.25, 0.3) is 0 Å². The minimum absolute atomic E-state index is 0. The van der Waals surface area contributed by atoms with Crippen LogP contribution in [0.4, 0.5) is 0 Å². The molecule has 0 saturated heterocycles. The van der Waals surface area contributed by atoms with E-state index in [4.69, 9.17) is 0 Å². The van der Waals surface area contributed by atoms with Crippen LogP contribution >= 0.6 is 34.0 Å². The summed E-state index contributed by atoms with van der Waals surface area (Å²) < 4.78 is 0. The van der Waals surface area contributed by atoms with E-state index in [1.807, 2.05) is 24.3 Å². The number of halogens is 2. The van der Waals surface area contributed by atoms with Crippen LogP contribution in [0.25, 0.3) is 0 Å². The fourth-order valence-electron chi connectivity index (χ4n) is 2.09. The van der Waals surface area contributed by atoms with Crippen LogP contribution < -0.4 is 0 Å². The van der Waals surface area contributed by atoms with Gasteiger partial charge in [-0.15, -0.1) is 53.7 Å². The molecule has 0 aromatic carbocycles. The molecule has 0 atom stereocenters. The average Bonchev–Trinajstić information content (AvgIpc) is 3.24. The summed E-state index contributed by atoms with van der Waals surface area (Å²) in [5.74, 6) is 0. The van der Waals surface area contributed by atoms with Crippen molar-refractivity contribution in [3.63, 3.8) is 0 Å². The van der Waals surface area contributed by atoms with Crippen LogP contribution in [0, 0.1) is 23.6 Å². The Morgan fingerprint density at radius 2 is 1.27 bits per heavy atom. The molecular weight excluding hydrogens is 543 g/mol. The second-order valence-electron chi connectivity index (χ2n) is 6.21. The van der Waals surface area contributed by atoms with E-state index in [-0.39, 0.29) is 65.6 Å². The zero-order valence-corrected chi connectivity index (χ0v) is 24.3. The Hall–Kier alpha value is 0.500. The van der Waals surface area contributed by atoms with E-state index < -0.39 is 0 Å². The second-order valence-corrected chi connectivity index (χ2v) is 7.36. The van der Waals surface area contributed by atoms with Gasteiger partial charge in [-0.3, -0.25) is 18.2 Å². The Morgan fingerprint density at radius 1 is 0.885 bits per heavy atom. The molecule has 0 fully saturated rings. The van der Waals surface area contributed by atoms with Crippen molar-refractivity contribution in [3.05, 3.63) is 71.4 Å². The van der Waals surface area contributed by atoms with Gasteiger partial charge >= 0.3 is 26.2 Å². The average molecular weight is 578 g/mol. The molecule has 3 aliphatic carbocycles. The van der Waals surface area contributed by atoms with E-state index in [1.165, 1.54) is 16.7 Å². The van der Waals surface area contributed by atoms with Gasteiger partial charge in [-0.1, -0.05) is 46.2 Å². The molecule has 0 unspecified atom stereocenters. The van der Waals surface area contributed by atoms with E-state index in [9.17, 15) is 0 Å². The SMILES string of the molecule is Br.Br.CC1=[C-]C(C)(C)C(C)=C1C.C[SiH]C.[C-]1=CC=CC1.[C-]1=CC=CC1.[Zr+3]. The molecule has 26 heavy (non-hydrogen) atoms. The fourth-order valence-corrected chi connectivity index (χ4v) is 2.09. The largest absolute Gasteiger partial charge is 3.00 e. The molecule has 0 aromatic rings. The Labute approximate surface area is 205 Å². The summed E-state index contributed by atoms with van der Waals surface area (Å²) in [6.07, 6.45) is 23.4. The third-order valence-corrected chi connectivity index (χ3v) is 3.73. The Bertz CT molecular complexity index is 482. The summed E-state index contributed by atoms with van der Waals surface area (Å²) in [6.45, 7) is 15.3. The van der Waals surface area contributed by atoms with Crippen molar-refractivity contribution in [3.8, 4) is 0 Å². The van der Waals surface area contributed by atoms with Crippen LogP contribution in [0.5, 0.6) is 0 Å². The van der Waals surface area contributed by atoms with Crippen molar-refractivity contribution >= 4 is 43.5 Å². The second kappa shape index (κ2) is 20.2. The third kappa shape index (κ3) is 15.5. The van der Waals surface area contributed by atoms with Crippen LogP contribution in [0.15, 0.2) is 53.2 Å². The Balaban J connectivity index is -0.000000131. The molecule has 0 nitrogen and oxygen atoms in total. The number of hydrogen-bond donors (Lipinski definition) is 0. The predicted molar refractivity (Wildman–Crippen MR) is 127 cm³/mol. The van der Waals surface area contributed by atoms with E-state index in [0.717, 1.165) is 22.4 Å². The first-order chi connectivity index (χ1) is 10.9. The van der Waals surface area contributed by atoms with Gasteiger partial charge in [-0.25, -0.2) is 29.9 Å². The van der Waals surface area contributed by atoms with Crippen LogP contribution in [-0.2, 0) is 26.2 Å². The standard InChI is InChI=1S/C10H15.2C5H5.C2H7Si.2BrH.Zr/c1-7-6-10(4,5)9(3)8(7)2;2*1-2-4-5-3-1;1-3-2;;;/h1-5H3;2*1-3H,4H2;3H,1-2H3;2*1H;/q3*-1;;;;+3. The molecule has 3 aliphatic rings. The smallest absolute Gasteiger partial charge is 0.273 e. The predicted octanol–water partition coefficient (Wildman–Crippen LogP) is 7.40. The van der Waals surface area contributed by atoms with Crippen molar-refractivity contribution in [2.24, 2.45) is 5.41 Å². The molecule has 0 aliphatic heterocycles. The molecule has 0 heterocycles. The van der Waals surface area contributed by atoms with E-state index in [2.05, 4.69) is 78.1 Å². The van der Waals surface area contributed by atoms with E-state index in [1.54, 1.807) is 0 Å². The zero-order valence-electron chi connectivity index (χ0n) is 17.3. The summed E-state index contributed by atoms with van der Waals surface area (Å²) in [5, 5.41) is 0. The van der Waals surface area contributed by atoms with Gasteiger partial charge in [-0.2, -0.15) is 23.3 Å². The fraction of sp³-hybridized carbons (Fsp3) is 0.455. The van der Waals surface area contributed by atoms with Gasteiger partial charge in [0.05, 0.1) is 0 Å². The van der Waals surface area contributed by atoms with Crippen molar-refractivity contribution in [1.29, 1.82) is 0 Å². The molecule has 4 heteroatoms.